The topological polar surface area (TPSA) is 69.6 Å². The van der Waals surface area contributed by atoms with E-state index in [0.717, 1.165) is 48.1 Å². The minimum Gasteiger partial charge on any atom is -0.342 e. The van der Waals surface area contributed by atoms with E-state index in [-0.39, 0.29) is 11.8 Å². The molecule has 0 spiro atoms. The van der Waals surface area contributed by atoms with Crippen molar-refractivity contribution in [2.45, 2.75) is 12.8 Å². The van der Waals surface area contributed by atoms with Crippen molar-refractivity contribution in [2.75, 3.05) is 45.8 Å². The van der Waals surface area contributed by atoms with Gasteiger partial charge in [-0.1, -0.05) is 18.2 Å². The summed E-state index contributed by atoms with van der Waals surface area (Å²) in [5, 5.41) is 0.858. The molecular formula is C25H27N5O2. The van der Waals surface area contributed by atoms with Gasteiger partial charge in [-0.2, -0.15) is 0 Å². The number of hydrogen-bond donors (Lipinski definition) is 0. The second kappa shape index (κ2) is 9.04. The van der Waals surface area contributed by atoms with E-state index in [0.29, 0.717) is 38.3 Å². The molecule has 2 aliphatic rings. The molecule has 4 heterocycles. The maximum atomic E-state index is 13.5. The summed E-state index contributed by atoms with van der Waals surface area (Å²) in [5.41, 5.74) is 3.09. The van der Waals surface area contributed by atoms with Gasteiger partial charge in [0, 0.05) is 62.6 Å². The molecule has 2 saturated heterocycles. The zero-order valence-electron chi connectivity index (χ0n) is 18.1. The summed E-state index contributed by atoms with van der Waals surface area (Å²) in [6.07, 6.45) is 5.70. The molecule has 0 aliphatic carbocycles. The van der Waals surface area contributed by atoms with Gasteiger partial charge in [0.05, 0.1) is 23.3 Å². The van der Waals surface area contributed by atoms with Crippen LogP contribution in [0.1, 0.15) is 23.2 Å². The van der Waals surface area contributed by atoms with E-state index in [1.54, 1.807) is 12.4 Å². The van der Waals surface area contributed by atoms with Crippen molar-refractivity contribution in [2.24, 2.45) is 0 Å². The molecule has 7 heteroatoms. The molecule has 7 nitrogen and oxygen atoms in total. The number of para-hydroxylation sites is 1. The number of hydrogen-bond acceptors (Lipinski definition) is 5. The quantitative estimate of drug-likeness (QED) is 0.638. The van der Waals surface area contributed by atoms with Crippen LogP contribution in [0.25, 0.3) is 22.2 Å². The number of pyridine rings is 2. The van der Waals surface area contributed by atoms with Gasteiger partial charge < -0.3 is 9.80 Å². The Morgan fingerprint density at radius 3 is 2.41 bits per heavy atom. The lowest BCUT2D eigenvalue weighted by atomic mass is 10.0. The Balaban J connectivity index is 1.33. The van der Waals surface area contributed by atoms with E-state index in [2.05, 4.69) is 9.88 Å². The second-order valence-corrected chi connectivity index (χ2v) is 8.47. The van der Waals surface area contributed by atoms with Crippen molar-refractivity contribution < 1.29 is 9.59 Å². The predicted octanol–water partition coefficient (Wildman–Crippen LogP) is 2.68. The first-order valence-electron chi connectivity index (χ1n) is 11.3. The molecule has 1 aromatic carbocycles. The van der Waals surface area contributed by atoms with Gasteiger partial charge in [0.2, 0.25) is 5.91 Å². The van der Waals surface area contributed by atoms with Gasteiger partial charge in [0.25, 0.3) is 5.91 Å². The number of likely N-dealkylation sites (tertiary alicyclic amines) is 1. The van der Waals surface area contributed by atoms with Crippen LogP contribution in [-0.4, -0.2) is 82.3 Å². The smallest absolute Gasteiger partial charge is 0.254 e. The zero-order valence-corrected chi connectivity index (χ0v) is 18.1. The molecule has 2 aromatic heterocycles. The largest absolute Gasteiger partial charge is 0.342 e. The van der Waals surface area contributed by atoms with Gasteiger partial charge in [0.1, 0.15) is 0 Å². The third kappa shape index (κ3) is 4.21. The van der Waals surface area contributed by atoms with Gasteiger partial charge in [0.15, 0.2) is 0 Å². The zero-order chi connectivity index (χ0) is 21.9. The monoisotopic (exact) mass is 429 g/mol. The summed E-state index contributed by atoms with van der Waals surface area (Å²) in [6, 6.07) is 13.5. The van der Waals surface area contributed by atoms with Crippen LogP contribution >= 0.6 is 0 Å². The number of carbonyl (C=O) groups excluding carboxylic acids is 2. The molecule has 3 aromatic rings. The Morgan fingerprint density at radius 1 is 0.875 bits per heavy atom. The Morgan fingerprint density at radius 2 is 1.66 bits per heavy atom. The number of rotatable bonds is 4. The Kier molecular flexibility index (Phi) is 5.81. The van der Waals surface area contributed by atoms with Crippen LogP contribution in [0.3, 0.4) is 0 Å². The van der Waals surface area contributed by atoms with Crippen LogP contribution in [0.15, 0.2) is 54.9 Å². The van der Waals surface area contributed by atoms with Crippen LogP contribution in [0.4, 0.5) is 0 Å². The maximum absolute atomic E-state index is 13.5. The molecule has 5 rings (SSSR count). The number of nitrogens with zero attached hydrogens (tertiary/aromatic N) is 5. The normalized spacial score (nSPS) is 17.1. The summed E-state index contributed by atoms with van der Waals surface area (Å²) in [7, 11) is 0. The van der Waals surface area contributed by atoms with E-state index < -0.39 is 0 Å². The van der Waals surface area contributed by atoms with Crippen molar-refractivity contribution in [1.82, 2.24) is 24.7 Å². The van der Waals surface area contributed by atoms with Crippen LogP contribution in [0, 0.1) is 0 Å². The minimum atomic E-state index is 0.0132. The van der Waals surface area contributed by atoms with Crippen LogP contribution in [0.5, 0.6) is 0 Å². The summed E-state index contributed by atoms with van der Waals surface area (Å²) in [4.78, 5) is 41.0. The van der Waals surface area contributed by atoms with Crippen molar-refractivity contribution in [3.05, 3.63) is 60.4 Å². The Bertz CT molecular complexity index is 1120. The number of aromatic nitrogens is 2. The first-order chi connectivity index (χ1) is 15.7. The van der Waals surface area contributed by atoms with Crippen molar-refractivity contribution in [1.29, 1.82) is 0 Å². The molecule has 0 saturated carbocycles. The van der Waals surface area contributed by atoms with E-state index >= 15 is 0 Å². The summed E-state index contributed by atoms with van der Waals surface area (Å²) in [6.45, 7) is 4.87. The summed E-state index contributed by atoms with van der Waals surface area (Å²) in [5.74, 6) is 0.225. The molecule has 0 radical (unpaired) electrons. The third-order valence-corrected chi connectivity index (χ3v) is 6.38. The van der Waals surface area contributed by atoms with Crippen molar-refractivity contribution in [3.8, 4) is 11.3 Å². The number of fused-ring (bicyclic) bond motifs is 1. The lowest BCUT2D eigenvalue weighted by Crippen LogP contribution is -2.51. The van der Waals surface area contributed by atoms with Crippen LogP contribution in [-0.2, 0) is 4.79 Å². The first kappa shape index (κ1) is 20.6. The van der Waals surface area contributed by atoms with Crippen molar-refractivity contribution >= 4 is 22.7 Å². The predicted molar refractivity (Wildman–Crippen MR) is 123 cm³/mol. The summed E-state index contributed by atoms with van der Waals surface area (Å²) < 4.78 is 0. The fourth-order valence-electron chi connectivity index (χ4n) is 4.55. The average Bonchev–Trinajstić information content (AvgIpc) is 3.39. The number of benzene rings is 1. The first-order valence-corrected chi connectivity index (χ1v) is 11.3. The molecule has 2 amide bonds. The molecule has 0 N–H and O–H groups in total. The van der Waals surface area contributed by atoms with Crippen LogP contribution in [0.2, 0.25) is 0 Å². The SMILES string of the molecule is O=C(CN1CCN(C(=O)c2cc(-c3cccnc3)nc3ccccc23)CC1)N1CCCC1. The fourth-order valence-corrected chi connectivity index (χ4v) is 4.55. The lowest BCUT2D eigenvalue weighted by molar-refractivity contribution is -0.131. The van der Waals surface area contributed by atoms with Crippen LogP contribution < -0.4 is 0 Å². The van der Waals surface area contributed by atoms with E-state index in [9.17, 15) is 9.59 Å². The third-order valence-electron chi connectivity index (χ3n) is 6.38. The highest BCUT2D eigenvalue weighted by atomic mass is 16.2. The number of piperazine rings is 1. The Labute approximate surface area is 187 Å². The van der Waals surface area contributed by atoms with Gasteiger partial charge in [-0.3, -0.25) is 19.5 Å². The van der Waals surface area contributed by atoms with E-state index in [1.165, 1.54) is 0 Å². The molecule has 32 heavy (non-hydrogen) atoms. The maximum Gasteiger partial charge on any atom is 0.254 e. The summed E-state index contributed by atoms with van der Waals surface area (Å²) >= 11 is 0. The fraction of sp³-hybridized carbons (Fsp3) is 0.360. The molecule has 2 fully saturated rings. The number of amides is 2. The highest BCUT2D eigenvalue weighted by Crippen LogP contribution is 2.26. The standard InChI is InChI=1S/C25H27N5O2/c31-24(29-10-3-4-11-29)18-28-12-14-30(15-13-28)25(32)21-16-23(19-6-5-9-26-17-19)27-22-8-2-1-7-20(21)22/h1-2,5-9,16-17H,3-4,10-15,18H2. The molecule has 0 bridgehead atoms. The molecular weight excluding hydrogens is 402 g/mol. The average molecular weight is 430 g/mol. The van der Waals surface area contributed by atoms with E-state index in [4.69, 9.17) is 4.98 Å². The van der Waals surface area contributed by atoms with Gasteiger partial charge in [-0.05, 0) is 37.1 Å². The van der Waals surface area contributed by atoms with Gasteiger partial charge >= 0.3 is 0 Å². The van der Waals surface area contributed by atoms with Gasteiger partial charge in [-0.25, -0.2) is 4.98 Å². The molecule has 0 unspecified atom stereocenters. The Hall–Kier alpha value is -3.32. The molecule has 0 atom stereocenters. The molecule has 2 aliphatic heterocycles. The van der Waals surface area contributed by atoms with E-state index in [1.807, 2.05) is 52.3 Å². The minimum absolute atomic E-state index is 0.0132. The second-order valence-electron chi connectivity index (χ2n) is 8.47. The highest BCUT2D eigenvalue weighted by Gasteiger charge is 2.27. The molecule has 164 valence electrons. The highest BCUT2D eigenvalue weighted by molar-refractivity contribution is 6.07. The van der Waals surface area contributed by atoms with Crippen molar-refractivity contribution in [3.63, 3.8) is 0 Å². The van der Waals surface area contributed by atoms with Gasteiger partial charge in [-0.15, -0.1) is 0 Å². The lowest BCUT2D eigenvalue weighted by Gasteiger charge is -2.35. The number of carbonyl (C=O) groups is 2.